The molecule has 5 nitrogen and oxygen atoms in total. The van der Waals surface area contributed by atoms with E-state index in [9.17, 15) is 9.59 Å². The maximum atomic E-state index is 12.7. The number of likely N-dealkylation sites (tertiary alicyclic amines) is 1. The van der Waals surface area contributed by atoms with Gasteiger partial charge < -0.3 is 9.80 Å². The normalized spacial score (nSPS) is 36.6. The number of amides is 2. The molecule has 2 N–H and O–H groups in total. The largest absolute Gasteiger partial charge is 0.328 e. The molecule has 0 unspecified atom stereocenters. The monoisotopic (exact) mass is 281 g/mol. The highest BCUT2D eigenvalue weighted by molar-refractivity contribution is 6.05. The molecule has 0 spiro atoms. The highest BCUT2D eigenvalue weighted by Crippen LogP contribution is 2.26. The number of imide groups is 1. The fourth-order valence-corrected chi connectivity index (χ4v) is 4.04. The summed E-state index contributed by atoms with van der Waals surface area (Å²) in [5.74, 6) is 0.210. The van der Waals surface area contributed by atoms with Gasteiger partial charge in [-0.25, -0.2) is 0 Å². The number of carbonyl (C=O) groups excluding carboxylic acids is 2. The topological polar surface area (TPSA) is 46.3 Å². The Labute approximate surface area is 120 Å². The van der Waals surface area contributed by atoms with Crippen molar-refractivity contribution in [2.24, 2.45) is 0 Å². The predicted octanol–water partition coefficient (Wildman–Crippen LogP) is -2.14. The van der Waals surface area contributed by atoms with Crippen molar-refractivity contribution < 1.29 is 19.4 Å². The van der Waals surface area contributed by atoms with Gasteiger partial charge in [-0.05, 0) is 12.8 Å². The van der Waals surface area contributed by atoms with Crippen LogP contribution in [-0.4, -0.2) is 62.0 Å². The van der Waals surface area contributed by atoms with Gasteiger partial charge in [0, 0.05) is 6.04 Å². The van der Waals surface area contributed by atoms with Crippen molar-refractivity contribution in [3.8, 4) is 0 Å². The first-order valence-electron chi connectivity index (χ1n) is 8.18. The first kappa shape index (κ1) is 14.0. The number of quaternary nitrogens is 2. The van der Waals surface area contributed by atoms with Crippen molar-refractivity contribution in [2.75, 3.05) is 33.2 Å². The van der Waals surface area contributed by atoms with E-state index in [4.69, 9.17) is 0 Å². The van der Waals surface area contributed by atoms with Gasteiger partial charge in [0.05, 0.1) is 13.5 Å². The van der Waals surface area contributed by atoms with Crippen molar-refractivity contribution in [1.29, 1.82) is 0 Å². The van der Waals surface area contributed by atoms with Gasteiger partial charge in [0.2, 0.25) is 5.91 Å². The summed E-state index contributed by atoms with van der Waals surface area (Å²) >= 11 is 0. The highest BCUT2D eigenvalue weighted by Gasteiger charge is 2.48. The molecule has 0 radical (unpaired) electrons. The van der Waals surface area contributed by atoms with E-state index in [1.54, 1.807) is 4.90 Å². The second-order valence-electron chi connectivity index (χ2n) is 6.77. The van der Waals surface area contributed by atoms with E-state index in [-0.39, 0.29) is 23.9 Å². The zero-order valence-corrected chi connectivity index (χ0v) is 12.5. The van der Waals surface area contributed by atoms with Crippen LogP contribution in [0.5, 0.6) is 0 Å². The molecule has 2 aliphatic heterocycles. The summed E-state index contributed by atoms with van der Waals surface area (Å²) in [6.07, 6.45) is 6.07. The standard InChI is InChI=1S/C15H25N3O2/c1-16-7-9-17(10-8-16)13-11-14(19)18(15(13)20)12-5-3-2-4-6-12/h12-13H,2-11H2,1H3/p+2/t13-/m0/s1. The Kier molecular flexibility index (Phi) is 4.08. The number of carbonyl (C=O) groups is 2. The van der Waals surface area contributed by atoms with Gasteiger partial charge in [0.1, 0.15) is 26.2 Å². The van der Waals surface area contributed by atoms with Gasteiger partial charge >= 0.3 is 0 Å². The number of rotatable bonds is 2. The van der Waals surface area contributed by atoms with E-state index in [0.29, 0.717) is 6.42 Å². The van der Waals surface area contributed by atoms with Gasteiger partial charge in [0.15, 0.2) is 6.04 Å². The van der Waals surface area contributed by atoms with Crippen LogP contribution in [-0.2, 0) is 9.59 Å². The Bertz CT molecular complexity index is 385. The fraction of sp³-hybridized carbons (Fsp3) is 0.867. The van der Waals surface area contributed by atoms with Crippen LogP contribution >= 0.6 is 0 Å². The summed E-state index contributed by atoms with van der Waals surface area (Å²) in [7, 11) is 2.20. The van der Waals surface area contributed by atoms with Crippen LogP contribution in [0, 0.1) is 0 Å². The Morgan fingerprint density at radius 1 is 1.00 bits per heavy atom. The van der Waals surface area contributed by atoms with E-state index >= 15 is 0 Å². The van der Waals surface area contributed by atoms with Gasteiger partial charge in [-0.2, -0.15) is 0 Å². The smallest absolute Gasteiger partial charge is 0.288 e. The lowest BCUT2D eigenvalue weighted by Crippen LogP contribution is -3.29. The summed E-state index contributed by atoms with van der Waals surface area (Å²) in [6, 6.07) is 0.115. The van der Waals surface area contributed by atoms with Crippen LogP contribution < -0.4 is 9.80 Å². The van der Waals surface area contributed by atoms with Gasteiger partial charge in [-0.15, -0.1) is 0 Å². The maximum Gasteiger partial charge on any atom is 0.288 e. The predicted molar refractivity (Wildman–Crippen MR) is 74.4 cm³/mol. The molecular weight excluding hydrogens is 254 g/mol. The molecule has 1 saturated carbocycles. The number of nitrogens with one attached hydrogen (secondary N) is 2. The minimum Gasteiger partial charge on any atom is -0.328 e. The molecule has 0 bridgehead atoms. The summed E-state index contributed by atoms with van der Waals surface area (Å²) in [4.78, 5) is 29.5. The summed E-state index contributed by atoms with van der Waals surface area (Å²) in [6.45, 7) is 4.26. The summed E-state index contributed by atoms with van der Waals surface area (Å²) < 4.78 is 0. The number of likely N-dealkylation sites (N-methyl/N-ethyl adjacent to an activating group) is 1. The minimum absolute atomic E-state index is 0.0856. The molecule has 0 aromatic carbocycles. The van der Waals surface area contributed by atoms with E-state index in [1.165, 1.54) is 16.2 Å². The molecule has 1 aliphatic carbocycles. The third-order valence-electron chi connectivity index (χ3n) is 5.36. The van der Waals surface area contributed by atoms with Crippen molar-refractivity contribution >= 4 is 11.8 Å². The lowest BCUT2D eigenvalue weighted by atomic mass is 9.94. The molecule has 2 amide bonds. The van der Waals surface area contributed by atoms with Gasteiger partial charge in [-0.3, -0.25) is 14.5 Å². The summed E-state index contributed by atoms with van der Waals surface area (Å²) in [5, 5.41) is 0. The zero-order valence-electron chi connectivity index (χ0n) is 12.5. The Morgan fingerprint density at radius 3 is 2.30 bits per heavy atom. The fourth-order valence-electron chi connectivity index (χ4n) is 4.04. The molecule has 0 aromatic rings. The average molecular weight is 281 g/mol. The first-order chi connectivity index (χ1) is 9.66. The van der Waals surface area contributed by atoms with Crippen LogP contribution in [0.4, 0.5) is 0 Å². The molecule has 0 aromatic heterocycles. The second-order valence-corrected chi connectivity index (χ2v) is 6.77. The molecule has 2 heterocycles. The van der Waals surface area contributed by atoms with Gasteiger partial charge in [-0.1, -0.05) is 19.3 Å². The van der Waals surface area contributed by atoms with E-state index in [1.807, 2.05) is 0 Å². The van der Waals surface area contributed by atoms with Crippen LogP contribution in [0.1, 0.15) is 38.5 Å². The molecular formula is C15H27N3O2+2. The number of hydrogen-bond acceptors (Lipinski definition) is 2. The zero-order chi connectivity index (χ0) is 14.1. The van der Waals surface area contributed by atoms with Crippen molar-refractivity contribution in [3.63, 3.8) is 0 Å². The second kappa shape index (κ2) is 5.82. The molecule has 20 heavy (non-hydrogen) atoms. The maximum absolute atomic E-state index is 12.7. The Morgan fingerprint density at radius 2 is 1.65 bits per heavy atom. The molecule has 112 valence electrons. The first-order valence-corrected chi connectivity index (χ1v) is 8.18. The number of hydrogen-bond donors (Lipinski definition) is 2. The average Bonchev–Trinajstić information content (AvgIpc) is 2.76. The Hall–Kier alpha value is -0.940. The van der Waals surface area contributed by atoms with E-state index in [0.717, 1.165) is 51.9 Å². The van der Waals surface area contributed by atoms with Crippen molar-refractivity contribution in [1.82, 2.24) is 4.90 Å². The van der Waals surface area contributed by atoms with Crippen LogP contribution in [0.3, 0.4) is 0 Å². The number of nitrogens with zero attached hydrogens (tertiary/aromatic N) is 1. The molecule has 3 fully saturated rings. The minimum atomic E-state index is -0.0856. The Balaban J connectivity index is 1.66. The third-order valence-corrected chi connectivity index (χ3v) is 5.36. The molecule has 3 rings (SSSR count). The highest BCUT2D eigenvalue weighted by atomic mass is 16.2. The molecule has 5 heteroatoms. The lowest BCUT2D eigenvalue weighted by Gasteiger charge is -2.32. The van der Waals surface area contributed by atoms with Crippen LogP contribution in [0.2, 0.25) is 0 Å². The SMILES string of the molecule is C[NH+]1CC[NH+]([C@H]2CC(=O)N(C3CCCCC3)C2=O)CC1. The van der Waals surface area contributed by atoms with E-state index in [2.05, 4.69) is 7.05 Å². The van der Waals surface area contributed by atoms with Crippen LogP contribution in [0.15, 0.2) is 0 Å². The van der Waals surface area contributed by atoms with E-state index < -0.39 is 0 Å². The third kappa shape index (κ3) is 2.61. The van der Waals surface area contributed by atoms with Gasteiger partial charge in [0.25, 0.3) is 5.91 Å². The summed E-state index contributed by atoms with van der Waals surface area (Å²) in [5.41, 5.74) is 0. The quantitative estimate of drug-likeness (QED) is 0.568. The van der Waals surface area contributed by atoms with Crippen molar-refractivity contribution in [2.45, 2.75) is 50.6 Å². The van der Waals surface area contributed by atoms with Crippen LogP contribution in [0.25, 0.3) is 0 Å². The van der Waals surface area contributed by atoms with Crippen molar-refractivity contribution in [3.05, 3.63) is 0 Å². The molecule has 3 aliphatic rings. The molecule has 1 atom stereocenters. The number of piperazine rings is 1. The lowest BCUT2D eigenvalue weighted by molar-refractivity contribution is -1.01. The molecule has 2 saturated heterocycles.